The van der Waals surface area contributed by atoms with Crippen molar-refractivity contribution in [1.29, 1.82) is 0 Å². The highest BCUT2D eigenvalue weighted by Gasteiger charge is 2.25. The zero-order valence-electron chi connectivity index (χ0n) is 18.2. The number of nitrogens with zero attached hydrogens (tertiary/aromatic N) is 3. The lowest BCUT2D eigenvalue weighted by atomic mass is 10.1. The summed E-state index contributed by atoms with van der Waals surface area (Å²) in [7, 11) is 0. The van der Waals surface area contributed by atoms with Gasteiger partial charge in [0.25, 0.3) is 11.8 Å². The van der Waals surface area contributed by atoms with Gasteiger partial charge in [0, 0.05) is 29.5 Å². The van der Waals surface area contributed by atoms with Crippen LogP contribution >= 0.6 is 0 Å². The minimum Gasteiger partial charge on any atom is -0.322 e. The van der Waals surface area contributed by atoms with Crippen LogP contribution in [-0.4, -0.2) is 28.3 Å². The van der Waals surface area contributed by atoms with Crippen LogP contribution in [0.4, 0.5) is 15.8 Å². The molecule has 0 saturated carbocycles. The molecule has 0 spiro atoms. The third-order valence-corrected chi connectivity index (χ3v) is 5.91. The number of benzene rings is 3. The zero-order chi connectivity index (χ0) is 23.1. The Morgan fingerprint density at radius 3 is 2.48 bits per heavy atom. The fourth-order valence-electron chi connectivity index (χ4n) is 4.07. The van der Waals surface area contributed by atoms with Gasteiger partial charge in [-0.1, -0.05) is 18.2 Å². The SMILES string of the molecule is Cc1nc2cc(F)cc(C(=O)Nc3ccc(C(=O)N4CCc5ccccc54)cc3)c2nc1C. The first-order valence-corrected chi connectivity index (χ1v) is 10.7. The smallest absolute Gasteiger partial charge is 0.258 e. The van der Waals surface area contributed by atoms with Gasteiger partial charge in [-0.05, 0) is 62.2 Å². The quantitative estimate of drug-likeness (QED) is 0.495. The Kier molecular flexibility index (Phi) is 5.09. The van der Waals surface area contributed by atoms with Crippen molar-refractivity contribution >= 4 is 34.2 Å². The van der Waals surface area contributed by atoms with E-state index in [1.54, 1.807) is 43.0 Å². The Morgan fingerprint density at radius 2 is 1.70 bits per heavy atom. The number of aromatic nitrogens is 2. The molecular formula is C26H21FN4O2. The number of carbonyl (C=O) groups is 2. The van der Waals surface area contributed by atoms with Crippen molar-refractivity contribution in [3.63, 3.8) is 0 Å². The molecule has 2 amide bonds. The minimum atomic E-state index is -0.558. The van der Waals surface area contributed by atoms with E-state index in [1.165, 1.54) is 6.07 Å². The zero-order valence-corrected chi connectivity index (χ0v) is 18.2. The van der Waals surface area contributed by atoms with E-state index in [1.807, 2.05) is 24.3 Å². The van der Waals surface area contributed by atoms with Gasteiger partial charge in [0.1, 0.15) is 11.3 Å². The summed E-state index contributed by atoms with van der Waals surface area (Å²) in [5.74, 6) is -1.14. The van der Waals surface area contributed by atoms with Crippen molar-refractivity contribution in [3.8, 4) is 0 Å². The number of halogens is 1. The Bertz CT molecular complexity index is 1420. The largest absolute Gasteiger partial charge is 0.322 e. The maximum Gasteiger partial charge on any atom is 0.258 e. The summed E-state index contributed by atoms with van der Waals surface area (Å²) in [5, 5.41) is 2.76. The van der Waals surface area contributed by atoms with Gasteiger partial charge in [0.05, 0.1) is 22.5 Å². The van der Waals surface area contributed by atoms with Crippen molar-refractivity contribution in [2.75, 3.05) is 16.8 Å². The van der Waals surface area contributed by atoms with Crippen molar-refractivity contribution in [3.05, 3.63) is 94.6 Å². The number of hydrogen-bond acceptors (Lipinski definition) is 4. The third-order valence-electron chi connectivity index (χ3n) is 5.91. The highest BCUT2D eigenvalue weighted by molar-refractivity contribution is 6.12. The average Bonchev–Trinajstić information content (AvgIpc) is 3.24. The molecule has 33 heavy (non-hydrogen) atoms. The van der Waals surface area contributed by atoms with Crippen molar-refractivity contribution in [1.82, 2.24) is 9.97 Å². The molecule has 5 rings (SSSR count). The molecule has 1 N–H and O–H groups in total. The summed E-state index contributed by atoms with van der Waals surface area (Å²) in [6, 6.07) is 17.0. The van der Waals surface area contributed by atoms with Gasteiger partial charge in [0.15, 0.2) is 0 Å². The molecule has 0 fully saturated rings. The fraction of sp³-hybridized carbons (Fsp3) is 0.154. The number of fused-ring (bicyclic) bond motifs is 2. The molecule has 0 atom stereocenters. The van der Waals surface area contributed by atoms with Gasteiger partial charge in [0.2, 0.25) is 0 Å². The van der Waals surface area contributed by atoms with Crippen LogP contribution in [0.5, 0.6) is 0 Å². The number of para-hydroxylation sites is 1. The normalized spacial score (nSPS) is 12.6. The standard InChI is InChI=1S/C26H21FN4O2/c1-15-16(2)29-24-21(13-19(27)14-22(24)28-15)25(32)30-20-9-7-18(8-10-20)26(33)31-12-11-17-5-3-4-6-23(17)31/h3-10,13-14H,11-12H2,1-2H3,(H,30,32). The van der Waals surface area contributed by atoms with E-state index in [-0.39, 0.29) is 11.5 Å². The van der Waals surface area contributed by atoms with Gasteiger partial charge in [-0.3, -0.25) is 9.59 Å². The van der Waals surface area contributed by atoms with E-state index in [9.17, 15) is 14.0 Å². The Morgan fingerprint density at radius 1 is 0.970 bits per heavy atom. The van der Waals surface area contributed by atoms with E-state index in [4.69, 9.17) is 0 Å². The van der Waals surface area contributed by atoms with E-state index in [0.717, 1.165) is 23.7 Å². The Hall–Kier alpha value is -4.13. The first-order valence-electron chi connectivity index (χ1n) is 10.7. The van der Waals surface area contributed by atoms with E-state index in [0.29, 0.717) is 40.2 Å². The Balaban J connectivity index is 1.38. The molecule has 7 heteroatoms. The summed E-state index contributed by atoms with van der Waals surface area (Å²) in [5.41, 5.74) is 5.25. The lowest BCUT2D eigenvalue weighted by molar-refractivity contribution is 0.0988. The molecule has 2 heterocycles. The van der Waals surface area contributed by atoms with Crippen LogP contribution in [-0.2, 0) is 6.42 Å². The number of hydrogen-bond donors (Lipinski definition) is 1. The van der Waals surface area contributed by atoms with Crippen molar-refractivity contribution in [2.24, 2.45) is 0 Å². The summed E-state index contributed by atoms with van der Waals surface area (Å²) in [4.78, 5) is 36.5. The van der Waals surface area contributed by atoms with Crippen LogP contribution in [0.1, 0.15) is 37.7 Å². The molecular weight excluding hydrogens is 419 g/mol. The second kappa shape index (κ2) is 8.09. The monoisotopic (exact) mass is 440 g/mol. The topological polar surface area (TPSA) is 75.2 Å². The molecule has 1 aromatic heterocycles. The number of carbonyl (C=O) groups excluding carboxylic acids is 2. The third kappa shape index (κ3) is 3.82. The number of aryl methyl sites for hydroxylation is 2. The second-order valence-electron chi connectivity index (χ2n) is 8.08. The second-order valence-corrected chi connectivity index (χ2v) is 8.08. The molecule has 4 aromatic rings. The summed E-state index contributed by atoms with van der Waals surface area (Å²) in [6.45, 7) is 4.22. The average molecular weight is 440 g/mol. The van der Waals surface area contributed by atoms with Crippen LogP contribution in [0.15, 0.2) is 60.7 Å². The van der Waals surface area contributed by atoms with Crippen LogP contribution in [0, 0.1) is 19.7 Å². The van der Waals surface area contributed by atoms with Crippen LogP contribution in [0.3, 0.4) is 0 Å². The highest BCUT2D eigenvalue weighted by atomic mass is 19.1. The van der Waals surface area contributed by atoms with Crippen molar-refractivity contribution < 1.29 is 14.0 Å². The maximum atomic E-state index is 14.1. The molecule has 0 aliphatic carbocycles. The van der Waals surface area contributed by atoms with Crippen LogP contribution < -0.4 is 10.2 Å². The molecule has 0 saturated heterocycles. The molecule has 0 bridgehead atoms. The summed E-state index contributed by atoms with van der Waals surface area (Å²) in [6.07, 6.45) is 0.833. The van der Waals surface area contributed by atoms with Crippen molar-refractivity contribution in [2.45, 2.75) is 20.3 Å². The number of nitrogens with one attached hydrogen (secondary N) is 1. The summed E-state index contributed by atoms with van der Waals surface area (Å²) >= 11 is 0. The maximum absolute atomic E-state index is 14.1. The molecule has 0 unspecified atom stereocenters. The number of rotatable bonds is 3. The molecule has 1 aliphatic heterocycles. The Labute approximate surface area is 190 Å². The lowest BCUT2D eigenvalue weighted by Crippen LogP contribution is -2.28. The molecule has 0 radical (unpaired) electrons. The predicted molar refractivity (Wildman–Crippen MR) is 125 cm³/mol. The molecule has 3 aromatic carbocycles. The number of anilines is 2. The first-order chi connectivity index (χ1) is 15.9. The van der Waals surface area contributed by atoms with Gasteiger partial charge >= 0.3 is 0 Å². The predicted octanol–water partition coefficient (Wildman–Crippen LogP) is 4.84. The van der Waals surface area contributed by atoms with E-state index in [2.05, 4.69) is 15.3 Å². The molecule has 1 aliphatic rings. The highest BCUT2D eigenvalue weighted by Crippen LogP contribution is 2.29. The first kappa shape index (κ1) is 20.8. The summed E-state index contributed by atoms with van der Waals surface area (Å²) < 4.78 is 14.1. The van der Waals surface area contributed by atoms with Gasteiger partial charge < -0.3 is 10.2 Å². The number of amides is 2. The molecule has 164 valence electrons. The van der Waals surface area contributed by atoms with E-state index < -0.39 is 11.7 Å². The van der Waals surface area contributed by atoms with E-state index >= 15 is 0 Å². The van der Waals surface area contributed by atoms with Gasteiger partial charge in [-0.15, -0.1) is 0 Å². The van der Waals surface area contributed by atoms with Gasteiger partial charge in [-0.25, -0.2) is 14.4 Å². The van der Waals surface area contributed by atoms with Crippen LogP contribution in [0.2, 0.25) is 0 Å². The lowest BCUT2D eigenvalue weighted by Gasteiger charge is -2.17. The van der Waals surface area contributed by atoms with Crippen LogP contribution in [0.25, 0.3) is 11.0 Å². The molecule has 6 nitrogen and oxygen atoms in total. The minimum absolute atomic E-state index is 0.0879. The fourth-order valence-corrected chi connectivity index (χ4v) is 4.07. The van der Waals surface area contributed by atoms with Gasteiger partial charge in [-0.2, -0.15) is 0 Å².